The molecule has 2 aromatic rings. The predicted molar refractivity (Wildman–Crippen MR) is 86.1 cm³/mol. The third-order valence-corrected chi connectivity index (χ3v) is 4.43. The number of rotatable bonds is 2. The highest BCUT2D eigenvalue weighted by atomic mass is 15.2. The summed E-state index contributed by atoms with van der Waals surface area (Å²) in [6.45, 7) is 5.54. The van der Waals surface area contributed by atoms with Crippen LogP contribution in [0.5, 0.6) is 0 Å². The smallest absolute Gasteiger partial charge is 0.0543 e. The summed E-state index contributed by atoms with van der Waals surface area (Å²) in [5.74, 6) is 0. The van der Waals surface area contributed by atoms with Crippen LogP contribution in [0.2, 0.25) is 0 Å². The Kier molecular flexibility index (Phi) is 3.39. The molecule has 1 saturated heterocycles. The number of nitrogens with zero attached hydrogens (tertiary/aromatic N) is 1. The predicted octanol–water partition coefficient (Wildman–Crippen LogP) is 4.23. The maximum atomic E-state index is 5.95. The highest BCUT2D eigenvalue weighted by molar-refractivity contribution is 5.58. The van der Waals surface area contributed by atoms with Gasteiger partial charge in [0.1, 0.15) is 0 Å². The summed E-state index contributed by atoms with van der Waals surface area (Å²) in [7, 11) is 0. The van der Waals surface area contributed by atoms with E-state index in [2.05, 4.69) is 55.1 Å². The van der Waals surface area contributed by atoms with E-state index in [-0.39, 0.29) is 0 Å². The maximum absolute atomic E-state index is 5.95. The van der Waals surface area contributed by atoms with Crippen molar-refractivity contribution in [3.05, 3.63) is 59.2 Å². The van der Waals surface area contributed by atoms with E-state index in [0.717, 1.165) is 12.2 Å². The average Bonchev–Trinajstić information content (AvgIpc) is 2.91. The highest BCUT2D eigenvalue weighted by Crippen LogP contribution is 2.38. The van der Waals surface area contributed by atoms with Gasteiger partial charge >= 0.3 is 0 Å². The minimum Gasteiger partial charge on any atom is -0.399 e. The lowest BCUT2D eigenvalue weighted by Crippen LogP contribution is -2.23. The van der Waals surface area contributed by atoms with Gasteiger partial charge in [-0.1, -0.05) is 24.3 Å². The molecule has 104 valence electrons. The van der Waals surface area contributed by atoms with E-state index in [1.165, 1.54) is 35.2 Å². The summed E-state index contributed by atoms with van der Waals surface area (Å²) in [5.41, 5.74) is 12.3. The first-order chi connectivity index (χ1) is 9.66. The molecule has 20 heavy (non-hydrogen) atoms. The van der Waals surface area contributed by atoms with E-state index >= 15 is 0 Å². The Morgan fingerprint density at radius 2 is 1.90 bits per heavy atom. The quantitative estimate of drug-likeness (QED) is 0.824. The molecule has 0 saturated carbocycles. The lowest BCUT2D eigenvalue weighted by Gasteiger charge is -2.29. The molecule has 1 heterocycles. The van der Waals surface area contributed by atoms with Gasteiger partial charge in [0.05, 0.1) is 6.04 Å². The third kappa shape index (κ3) is 2.26. The summed E-state index contributed by atoms with van der Waals surface area (Å²) in [4.78, 5) is 2.54. The van der Waals surface area contributed by atoms with E-state index in [0.29, 0.717) is 6.04 Å². The fourth-order valence-electron chi connectivity index (χ4n) is 3.21. The van der Waals surface area contributed by atoms with Gasteiger partial charge in [-0.2, -0.15) is 0 Å². The molecular formula is C18H22N2. The second kappa shape index (κ2) is 5.20. The molecule has 3 rings (SSSR count). The van der Waals surface area contributed by atoms with E-state index in [9.17, 15) is 0 Å². The van der Waals surface area contributed by atoms with Gasteiger partial charge < -0.3 is 10.6 Å². The number of aryl methyl sites for hydroxylation is 1. The minimum atomic E-state index is 0.457. The number of hydrogen-bond acceptors (Lipinski definition) is 2. The molecule has 1 aliphatic heterocycles. The van der Waals surface area contributed by atoms with Crippen molar-refractivity contribution in [3.8, 4) is 0 Å². The van der Waals surface area contributed by atoms with Crippen LogP contribution in [0, 0.1) is 13.8 Å². The van der Waals surface area contributed by atoms with Crippen LogP contribution in [0.1, 0.15) is 35.6 Å². The van der Waals surface area contributed by atoms with Crippen molar-refractivity contribution in [2.45, 2.75) is 32.7 Å². The summed E-state index contributed by atoms with van der Waals surface area (Å²) in [6.07, 6.45) is 2.45. The Morgan fingerprint density at radius 3 is 2.70 bits per heavy atom. The molecule has 2 N–H and O–H groups in total. The van der Waals surface area contributed by atoms with E-state index in [4.69, 9.17) is 5.73 Å². The molecule has 2 heteroatoms. The largest absolute Gasteiger partial charge is 0.399 e. The van der Waals surface area contributed by atoms with Crippen molar-refractivity contribution < 1.29 is 0 Å². The second-order valence-corrected chi connectivity index (χ2v) is 5.74. The first-order valence-electron chi connectivity index (χ1n) is 7.35. The van der Waals surface area contributed by atoms with Crippen LogP contribution in [0.15, 0.2) is 42.5 Å². The summed E-state index contributed by atoms with van der Waals surface area (Å²) >= 11 is 0. The zero-order valence-electron chi connectivity index (χ0n) is 12.3. The zero-order valence-corrected chi connectivity index (χ0v) is 12.3. The first kappa shape index (κ1) is 13.0. The van der Waals surface area contributed by atoms with Crippen LogP contribution in [-0.4, -0.2) is 6.54 Å². The first-order valence-corrected chi connectivity index (χ1v) is 7.35. The Balaban J connectivity index is 1.99. The van der Waals surface area contributed by atoms with E-state index < -0.39 is 0 Å². The molecular weight excluding hydrogens is 244 g/mol. The third-order valence-electron chi connectivity index (χ3n) is 4.43. The highest BCUT2D eigenvalue weighted by Gasteiger charge is 2.27. The fourth-order valence-corrected chi connectivity index (χ4v) is 3.21. The van der Waals surface area contributed by atoms with Crippen LogP contribution in [0.25, 0.3) is 0 Å². The van der Waals surface area contributed by atoms with Crippen LogP contribution < -0.4 is 10.6 Å². The van der Waals surface area contributed by atoms with Gasteiger partial charge in [-0.25, -0.2) is 0 Å². The molecule has 0 radical (unpaired) electrons. The molecule has 0 amide bonds. The van der Waals surface area contributed by atoms with Gasteiger partial charge in [0.25, 0.3) is 0 Å². The molecule has 0 aromatic heterocycles. The van der Waals surface area contributed by atoms with Gasteiger partial charge in [0.15, 0.2) is 0 Å². The van der Waals surface area contributed by atoms with Crippen molar-refractivity contribution >= 4 is 11.4 Å². The van der Waals surface area contributed by atoms with Crippen molar-refractivity contribution in [3.63, 3.8) is 0 Å². The number of hydrogen-bond donors (Lipinski definition) is 1. The molecule has 1 atom stereocenters. The number of anilines is 2. The Bertz CT molecular complexity index is 619. The lowest BCUT2D eigenvalue weighted by molar-refractivity contribution is 0.718. The van der Waals surface area contributed by atoms with Gasteiger partial charge in [0.2, 0.25) is 0 Å². The maximum Gasteiger partial charge on any atom is 0.0543 e. The Hall–Kier alpha value is -1.96. The molecule has 0 spiro atoms. The summed E-state index contributed by atoms with van der Waals surface area (Å²) < 4.78 is 0. The molecule has 0 aliphatic carbocycles. The van der Waals surface area contributed by atoms with E-state index in [1.54, 1.807) is 0 Å². The molecule has 1 aliphatic rings. The van der Waals surface area contributed by atoms with Crippen molar-refractivity contribution in [2.75, 3.05) is 17.2 Å². The SMILES string of the molecule is Cc1cccc(N2CCCC2c2cccc(N)c2)c1C. The number of nitrogen functional groups attached to an aromatic ring is 1. The zero-order chi connectivity index (χ0) is 14.1. The number of nitrogens with two attached hydrogens (primary N) is 1. The fraction of sp³-hybridized carbons (Fsp3) is 0.333. The molecule has 0 bridgehead atoms. The Morgan fingerprint density at radius 1 is 1.10 bits per heavy atom. The van der Waals surface area contributed by atoms with Gasteiger partial charge in [0, 0.05) is 17.9 Å². The molecule has 1 fully saturated rings. The summed E-state index contributed by atoms with van der Waals surface area (Å²) in [5, 5.41) is 0. The van der Waals surface area contributed by atoms with Gasteiger partial charge in [-0.05, 0) is 61.6 Å². The lowest BCUT2D eigenvalue weighted by atomic mass is 10.0. The van der Waals surface area contributed by atoms with Crippen LogP contribution >= 0.6 is 0 Å². The second-order valence-electron chi connectivity index (χ2n) is 5.74. The average molecular weight is 266 g/mol. The van der Waals surface area contributed by atoms with Crippen LogP contribution in [0.3, 0.4) is 0 Å². The van der Waals surface area contributed by atoms with Crippen LogP contribution in [-0.2, 0) is 0 Å². The van der Waals surface area contributed by atoms with Gasteiger partial charge in [-0.15, -0.1) is 0 Å². The normalized spacial score (nSPS) is 18.5. The number of benzene rings is 2. The Labute approximate surface area is 121 Å². The van der Waals surface area contributed by atoms with Gasteiger partial charge in [-0.3, -0.25) is 0 Å². The van der Waals surface area contributed by atoms with Crippen LogP contribution in [0.4, 0.5) is 11.4 Å². The molecule has 1 unspecified atom stereocenters. The standard InChI is InChI=1S/C18H22N2/c1-13-6-3-9-17(14(13)2)20-11-5-10-18(20)15-7-4-8-16(19)12-15/h3-4,6-9,12,18H,5,10-11,19H2,1-2H3. The monoisotopic (exact) mass is 266 g/mol. The summed E-state index contributed by atoms with van der Waals surface area (Å²) in [6, 6.07) is 15.4. The molecule has 2 aromatic carbocycles. The van der Waals surface area contributed by atoms with Crippen molar-refractivity contribution in [2.24, 2.45) is 0 Å². The molecule has 2 nitrogen and oxygen atoms in total. The minimum absolute atomic E-state index is 0.457. The topological polar surface area (TPSA) is 29.3 Å². The van der Waals surface area contributed by atoms with Crippen molar-refractivity contribution in [1.82, 2.24) is 0 Å². The van der Waals surface area contributed by atoms with E-state index in [1.807, 2.05) is 6.07 Å². The van der Waals surface area contributed by atoms with Crippen molar-refractivity contribution in [1.29, 1.82) is 0 Å².